The van der Waals surface area contributed by atoms with Gasteiger partial charge in [-0.15, -0.1) is 11.6 Å². The second kappa shape index (κ2) is 6.99. The molecule has 0 aromatic heterocycles. The number of hydrogen-bond acceptors (Lipinski definition) is 3. The first-order valence-electron chi connectivity index (χ1n) is 7.85. The highest BCUT2D eigenvalue weighted by atomic mass is 35.5. The molecule has 1 amide bonds. The lowest BCUT2D eigenvalue weighted by Gasteiger charge is -2.31. The van der Waals surface area contributed by atoms with Crippen LogP contribution in [0.25, 0.3) is 0 Å². The Hall–Kier alpha value is -1.10. The number of carbonyl (C=O) groups excluding carboxylic acids is 1. The van der Waals surface area contributed by atoms with Crippen LogP contribution in [0.3, 0.4) is 0 Å². The Balaban J connectivity index is 1.72. The van der Waals surface area contributed by atoms with E-state index in [0.29, 0.717) is 19.8 Å². The maximum absolute atomic E-state index is 12.2. The summed E-state index contributed by atoms with van der Waals surface area (Å²) in [5, 5.41) is 9.46. The summed E-state index contributed by atoms with van der Waals surface area (Å²) in [5.41, 5.74) is 2.47. The highest BCUT2D eigenvalue weighted by molar-refractivity contribution is 6.27. The highest BCUT2D eigenvalue weighted by Gasteiger charge is 2.35. The largest absolute Gasteiger partial charge is 0.396 e. The van der Waals surface area contributed by atoms with Crippen LogP contribution in [0.2, 0.25) is 0 Å². The molecule has 0 spiro atoms. The normalized spacial score (nSPS) is 24.5. The van der Waals surface area contributed by atoms with Crippen molar-refractivity contribution in [3.05, 3.63) is 35.4 Å². The zero-order valence-electron chi connectivity index (χ0n) is 12.6. The van der Waals surface area contributed by atoms with Gasteiger partial charge in [0.15, 0.2) is 0 Å². The van der Waals surface area contributed by atoms with Gasteiger partial charge in [0.1, 0.15) is 5.88 Å². The molecule has 1 aromatic carbocycles. The lowest BCUT2D eigenvalue weighted by molar-refractivity contribution is -0.132. The van der Waals surface area contributed by atoms with Crippen molar-refractivity contribution in [3.8, 4) is 0 Å². The highest BCUT2D eigenvalue weighted by Crippen LogP contribution is 2.40. The van der Waals surface area contributed by atoms with E-state index in [-0.39, 0.29) is 30.4 Å². The molecule has 22 heavy (non-hydrogen) atoms. The molecule has 1 saturated heterocycles. The molecule has 2 aliphatic rings. The van der Waals surface area contributed by atoms with Gasteiger partial charge in [0.05, 0.1) is 25.9 Å². The van der Waals surface area contributed by atoms with E-state index in [0.717, 1.165) is 11.5 Å². The van der Waals surface area contributed by atoms with Crippen LogP contribution in [-0.4, -0.2) is 47.7 Å². The number of alkyl halides is 1. The average Bonchev–Trinajstić information content (AvgIpc) is 3.30. The standard InChI is InChI=1S/C17H22ClNO3/c18-7-17(21)19(16-11-22-10-15(16)9-20)8-12-1-3-13(4-2-12)14-5-6-14/h1-4,14-16,20H,5-11H2/t15-,16+/m1/s1. The van der Waals surface area contributed by atoms with Crippen LogP contribution in [0.1, 0.15) is 29.9 Å². The average molecular weight is 324 g/mol. The molecule has 120 valence electrons. The molecule has 1 aromatic rings. The SMILES string of the molecule is O=C(CCl)N(Cc1ccc(C2CC2)cc1)[C@H]1COC[C@H]1CO. The summed E-state index contributed by atoms with van der Waals surface area (Å²) in [6, 6.07) is 8.40. The Labute approximate surface area is 136 Å². The molecule has 1 aliphatic heterocycles. The monoisotopic (exact) mass is 323 g/mol. The number of benzene rings is 1. The second-order valence-corrected chi connectivity index (χ2v) is 6.49. The zero-order chi connectivity index (χ0) is 15.5. The minimum absolute atomic E-state index is 0.0251. The number of hydrogen-bond donors (Lipinski definition) is 1. The molecule has 1 aliphatic carbocycles. The zero-order valence-corrected chi connectivity index (χ0v) is 13.3. The van der Waals surface area contributed by atoms with Crippen LogP contribution < -0.4 is 0 Å². The molecule has 3 rings (SSSR count). The smallest absolute Gasteiger partial charge is 0.238 e. The third-order valence-corrected chi connectivity index (χ3v) is 4.84. The van der Waals surface area contributed by atoms with Crippen molar-refractivity contribution in [3.63, 3.8) is 0 Å². The number of amides is 1. The summed E-state index contributed by atoms with van der Waals surface area (Å²) in [6.45, 7) is 1.50. The number of carbonyl (C=O) groups is 1. The molecule has 0 radical (unpaired) electrons. The third kappa shape index (κ3) is 3.45. The van der Waals surface area contributed by atoms with Gasteiger partial charge < -0.3 is 14.7 Å². The quantitative estimate of drug-likeness (QED) is 0.816. The first-order valence-corrected chi connectivity index (χ1v) is 8.39. The Morgan fingerprint density at radius 2 is 2.00 bits per heavy atom. The Morgan fingerprint density at radius 1 is 1.27 bits per heavy atom. The summed E-state index contributed by atoms with van der Waals surface area (Å²) >= 11 is 5.76. The fourth-order valence-electron chi connectivity index (χ4n) is 3.08. The Bertz CT molecular complexity index is 515. The fourth-order valence-corrected chi connectivity index (χ4v) is 3.24. The van der Waals surface area contributed by atoms with Crippen molar-refractivity contribution in [2.24, 2.45) is 5.92 Å². The maximum Gasteiger partial charge on any atom is 0.238 e. The number of halogens is 1. The Morgan fingerprint density at radius 3 is 2.59 bits per heavy atom. The molecule has 0 bridgehead atoms. The lowest BCUT2D eigenvalue weighted by Crippen LogP contribution is -2.45. The lowest BCUT2D eigenvalue weighted by atomic mass is 10.0. The molecular weight excluding hydrogens is 302 g/mol. The van der Waals surface area contributed by atoms with Crippen molar-refractivity contribution in [2.45, 2.75) is 31.3 Å². The summed E-state index contributed by atoms with van der Waals surface area (Å²) in [6.07, 6.45) is 2.57. The van der Waals surface area contributed by atoms with E-state index >= 15 is 0 Å². The van der Waals surface area contributed by atoms with Crippen molar-refractivity contribution in [2.75, 3.05) is 25.7 Å². The third-order valence-electron chi connectivity index (χ3n) is 4.62. The molecule has 2 fully saturated rings. The van der Waals surface area contributed by atoms with Gasteiger partial charge in [-0.25, -0.2) is 0 Å². The number of nitrogens with zero attached hydrogens (tertiary/aromatic N) is 1. The predicted molar refractivity (Wildman–Crippen MR) is 84.9 cm³/mol. The van der Waals surface area contributed by atoms with Crippen LogP contribution in [0, 0.1) is 5.92 Å². The van der Waals surface area contributed by atoms with Crippen molar-refractivity contribution in [1.82, 2.24) is 4.90 Å². The molecule has 0 unspecified atom stereocenters. The molecular formula is C17H22ClNO3. The number of ether oxygens (including phenoxy) is 1. The van der Waals surface area contributed by atoms with E-state index in [9.17, 15) is 9.90 Å². The molecule has 2 atom stereocenters. The van der Waals surface area contributed by atoms with Crippen LogP contribution in [0.15, 0.2) is 24.3 Å². The van der Waals surface area contributed by atoms with Gasteiger partial charge in [-0.1, -0.05) is 24.3 Å². The van der Waals surface area contributed by atoms with Gasteiger partial charge >= 0.3 is 0 Å². The van der Waals surface area contributed by atoms with E-state index in [4.69, 9.17) is 16.3 Å². The van der Waals surface area contributed by atoms with Gasteiger partial charge in [0.25, 0.3) is 0 Å². The topological polar surface area (TPSA) is 49.8 Å². The summed E-state index contributed by atoms with van der Waals surface area (Å²) in [7, 11) is 0. The second-order valence-electron chi connectivity index (χ2n) is 6.22. The minimum Gasteiger partial charge on any atom is -0.396 e. The van der Waals surface area contributed by atoms with E-state index in [1.807, 2.05) is 0 Å². The molecule has 4 nitrogen and oxygen atoms in total. The molecule has 1 N–H and O–H groups in total. The molecule has 1 heterocycles. The van der Waals surface area contributed by atoms with E-state index in [1.54, 1.807) is 4.90 Å². The number of aliphatic hydroxyl groups is 1. The summed E-state index contributed by atoms with van der Waals surface area (Å²) in [4.78, 5) is 14.0. The number of aliphatic hydroxyl groups excluding tert-OH is 1. The molecule has 1 saturated carbocycles. The van der Waals surface area contributed by atoms with Crippen molar-refractivity contribution >= 4 is 17.5 Å². The molecule has 5 heteroatoms. The van der Waals surface area contributed by atoms with E-state index < -0.39 is 0 Å². The van der Waals surface area contributed by atoms with Gasteiger partial charge in [-0.3, -0.25) is 4.79 Å². The van der Waals surface area contributed by atoms with Crippen LogP contribution in [0.4, 0.5) is 0 Å². The first-order chi connectivity index (χ1) is 10.7. The van der Waals surface area contributed by atoms with E-state index in [1.165, 1.54) is 18.4 Å². The van der Waals surface area contributed by atoms with Gasteiger partial charge in [0.2, 0.25) is 5.91 Å². The van der Waals surface area contributed by atoms with E-state index in [2.05, 4.69) is 24.3 Å². The number of rotatable bonds is 6. The minimum atomic E-state index is -0.109. The van der Waals surface area contributed by atoms with Crippen molar-refractivity contribution in [1.29, 1.82) is 0 Å². The maximum atomic E-state index is 12.2. The van der Waals surface area contributed by atoms with Crippen LogP contribution >= 0.6 is 11.6 Å². The Kier molecular flexibility index (Phi) is 5.01. The van der Waals surface area contributed by atoms with Gasteiger partial charge in [0, 0.05) is 12.5 Å². The van der Waals surface area contributed by atoms with Gasteiger partial charge in [-0.2, -0.15) is 0 Å². The van der Waals surface area contributed by atoms with Crippen LogP contribution in [0.5, 0.6) is 0 Å². The first kappa shape index (κ1) is 15.8. The predicted octanol–water partition coefficient (Wildman–Crippen LogP) is 2.14. The van der Waals surface area contributed by atoms with Crippen molar-refractivity contribution < 1.29 is 14.6 Å². The summed E-state index contributed by atoms with van der Waals surface area (Å²) < 4.78 is 5.44. The van der Waals surface area contributed by atoms with Crippen LogP contribution in [-0.2, 0) is 16.1 Å². The fraction of sp³-hybridized carbons (Fsp3) is 0.588. The van der Waals surface area contributed by atoms with Gasteiger partial charge in [-0.05, 0) is 29.9 Å². The summed E-state index contributed by atoms with van der Waals surface area (Å²) in [5.74, 6) is 0.547.